The summed E-state index contributed by atoms with van der Waals surface area (Å²) in [6.45, 7) is 9.73. The molecule has 0 N–H and O–H groups in total. The molecule has 0 radical (unpaired) electrons. The van der Waals surface area contributed by atoms with Crippen LogP contribution in [0.1, 0.15) is 34.6 Å². The highest BCUT2D eigenvalue weighted by Crippen LogP contribution is 2.24. The van der Waals surface area contributed by atoms with E-state index in [2.05, 4.69) is 0 Å². The van der Waals surface area contributed by atoms with Gasteiger partial charge >= 0.3 is 0 Å². The first-order valence-electron chi connectivity index (χ1n) is 4.58. The van der Waals surface area contributed by atoms with Crippen molar-refractivity contribution in [3.8, 4) is 0 Å². The molecule has 13 heavy (non-hydrogen) atoms. The lowest BCUT2D eigenvalue weighted by Crippen LogP contribution is -2.43. The molecule has 1 unspecified atom stereocenters. The maximum atomic E-state index is 11.5. The van der Waals surface area contributed by atoms with Gasteiger partial charge in [-0.3, -0.25) is 0 Å². The summed E-state index contributed by atoms with van der Waals surface area (Å²) in [6.07, 6.45) is 0. The van der Waals surface area contributed by atoms with Crippen molar-refractivity contribution in [1.29, 1.82) is 0 Å². The van der Waals surface area contributed by atoms with Crippen molar-refractivity contribution < 1.29 is 8.42 Å². The smallest absolute Gasteiger partial charge is 0.212 e. The van der Waals surface area contributed by atoms with Crippen LogP contribution in [0.4, 0.5) is 0 Å². The second kappa shape index (κ2) is 3.96. The molecule has 0 heterocycles. The summed E-state index contributed by atoms with van der Waals surface area (Å²) in [6, 6.07) is 0.0254. The molecule has 0 fully saturated rings. The third-order valence-electron chi connectivity index (χ3n) is 2.60. The molecule has 0 saturated heterocycles. The zero-order valence-electron chi connectivity index (χ0n) is 9.46. The first kappa shape index (κ1) is 12.9. The maximum absolute atomic E-state index is 11.5. The molecule has 0 aromatic heterocycles. The van der Waals surface area contributed by atoms with E-state index in [9.17, 15) is 8.42 Å². The second-order valence-corrected chi connectivity index (χ2v) is 6.78. The van der Waals surface area contributed by atoms with Crippen molar-refractivity contribution >= 4 is 10.0 Å². The highest BCUT2D eigenvalue weighted by Gasteiger charge is 2.29. The summed E-state index contributed by atoms with van der Waals surface area (Å²) < 4.78 is 24.5. The topological polar surface area (TPSA) is 37.4 Å². The number of hydrogen-bond acceptors (Lipinski definition) is 2. The number of nitrogens with zero attached hydrogens (tertiary/aromatic N) is 1. The Morgan fingerprint density at radius 2 is 1.69 bits per heavy atom. The fourth-order valence-corrected chi connectivity index (χ4v) is 2.20. The van der Waals surface area contributed by atoms with Gasteiger partial charge in [-0.05, 0) is 19.3 Å². The van der Waals surface area contributed by atoms with E-state index in [0.717, 1.165) is 0 Å². The lowest BCUT2D eigenvalue weighted by Gasteiger charge is -2.34. The number of hydrogen-bond donors (Lipinski definition) is 0. The van der Waals surface area contributed by atoms with E-state index in [1.807, 2.05) is 27.7 Å². The summed E-state index contributed by atoms with van der Waals surface area (Å²) in [7, 11) is -1.40. The molecule has 0 aliphatic rings. The highest BCUT2D eigenvalue weighted by atomic mass is 32.2. The Morgan fingerprint density at radius 1 is 1.31 bits per heavy atom. The molecule has 0 bridgehead atoms. The quantitative estimate of drug-likeness (QED) is 0.706. The highest BCUT2D eigenvalue weighted by molar-refractivity contribution is 7.89. The molecule has 3 nitrogen and oxygen atoms in total. The van der Waals surface area contributed by atoms with Crippen LogP contribution in [-0.2, 0) is 10.0 Å². The third kappa shape index (κ3) is 3.27. The molecule has 0 saturated carbocycles. The number of rotatable bonds is 3. The molecule has 1 atom stereocenters. The summed E-state index contributed by atoms with van der Waals surface area (Å²) in [5.74, 6) is 0.171. The van der Waals surface area contributed by atoms with Crippen molar-refractivity contribution in [2.24, 2.45) is 5.41 Å². The summed E-state index contributed by atoms with van der Waals surface area (Å²) in [4.78, 5) is 0. The van der Waals surface area contributed by atoms with Crippen LogP contribution < -0.4 is 0 Å². The average Bonchev–Trinajstić information content (AvgIpc) is 2.00. The van der Waals surface area contributed by atoms with Gasteiger partial charge in [-0.15, -0.1) is 0 Å². The monoisotopic (exact) mass is 207 g/mol. The van der Waals surface area contributed by atoms with Crippen molar-refractivity contribution in [1.82, 2.24) is 4.31 Å². The summed E-state index contributed by atoms with van der Waals surface area (Å²) in [5.41, 5.74) is -0.0169. The number of sulfonamides is 1. The van der Waals surface area contributed by atoms with Crippen molar-refractivity contribution in [3.63, 3.8) is 0 Å². The first-order chi connectivity index (χ1) is 5.63. The van der Waals surface area contributed by atoms with Gasteiger partial charge in [0.2, 0.25) is 10.0 Å². The Bertz CT molecular complexity index is 251. The van der Waals surface area contributed by atoms with Crippen LogP contribution in [0.5, 0.6) is 0 Å². The van der Waals surface area contributed by atoms with Gasteiger partial charge in [0.1, 0.15) is 0 Å². The van der Waals surface area contributed by atoms with Gasteiger partial charge in [0, 0.05) is 13.1 Å². The second-order valence-electron chi connectivity index (χ2n) is 4.46. The van der Waals surface area contributed by atoms with Gasteiger partial charge < -0.3 is 0 Å². The minimum atomic E-state index is -3.05. The van der Waals surface area contributed by atoms with E-state index < -0.39 is 10.0 Å². The third-order valence-corrected chi connectivity index (χ3v) is 4.53. The van der Waals surface area contributed by atoms with Crippen LogP contribution in [0.15, 0.2) is 0 Å². The predicted molar refractivity (Wildman–Crippen MR) is 56.1 cm³/mol. The summed E-state index contributed by atoms with van der Waals surface area (Å²) >= 11 is 0. The van der Waals surface area contributed by atoms with Gasteiger partial charge in [-0.25, -0.2) is 12.7 Å². The normalized spacial score (nSPS) is 16.2. The van der Waals surface area contributed by atoms with Gasteiger partial charge in [0.05, 0.1) is 5.75 Å². The molecule has 0 amide bonds. The Kier molecular flexibility index (Phi) is 3.94. The van der Waals surface area contributed by atoms with Crippen LogP contribution in [0.2, 0.25) is 0 Å². The molecule has 0 aromatic rings. The van der Waals surface area contributed by atoms with Crippen molar-refractivity contribution in [3.05, 3.63) is 0 Å². The largest absolute Gasteiger partial charge is 0.213 e. The van der Waals surface area contributed by atoms with Crippen molar-refractivity contribution in [2.45, 2.75) is 40.7 Å². The lowest BCUT2D eigenvalue weighted by molar-refractivity contribution is 0.216. The molecule has 0 spiro atoms. The predicted octanol–water partition coefficient (Wildman–Crippen LogP) is 1.70. The fourth-order valence-electron chi connectivity index (χ4n) is 0.990. The fraction of sp³-hybridized carbons (Fsp3) is 1.00. The first-order valence-corrected chi connectivity index (χ1v) is 6.19. The van der Waals surface area contributed by atoms with Crippen LogP contribution in [0, 0.1) is 5.41 Å². The summed E-state index contributed by atoms with van der Waals surface area (Å²) in [5, 5.41) is 0. The molecular formula is C9H21NO2S. The molecule has 0 aliphatic heterocycles. The van der Waals surface area contributed by atoms with E-state index in [-0.39, 0.29) is 17.2 Å². The van der Waals surface area contributed by atoms with Crippen LogP contribution in [0.25, 0.3) is 0 Å². The van der Waals surface area contributed by atoms with Gasteiger partial charge in [-0.2, -0.15) is 0 Å². The molecule has 0 rings (SSSR count). The average molecular weight is 207 g/mol. The Labute approximate surface area is 82.2 Å². The minimum Gasteiger partial charge on any atom is -0.212 e. The molecular weight excluding hydrogens is 186 g/mol. The van der Waals surface area contributed by atoms with Gasteiger partial charge in [-0.1, -0.05) is 20.8 Å². The zero-order valence-corrected chi connectivity index (χ0v) is 10.3. The van der Waals surface area contributed by atoms with Crippen LogP contribution in [0.3, 0.4) is 0 Å². The SMILES string of the molecule is CCS(=O)(=O)N(C)C(C)C(C)(C)C. The minimum absolute atomic E-state index is 0.0169. The molecule has 0 aromatic carbocycles. The van der Waals surface area contributed by atoms with Crippen molar-refractivity contribution in [2.75, 3.05) is 12.8 Å². The van der Waals surface area contributed by atoms with Gasteiger partial charge in [0.25, 0.3) is 0 Å². The Hall–Kier alpha value is -0.0900. The molecule has 0 aliphatic carbocycles. The van der Waals surface area contributed by atoms with E-state index in [1.54, 1.807) is 14.0 Å². The van der Waals surface area contributed by atoms with E-state index in [4.69, 9.17) is 0 Å². The lowest BCUT2D eigenvalue weighted by atomic mass is 9.88. The zero-order chi connectivity index (χ0) is 10.9. The Balaban J connectivity index is 4.73. The van der Waals surface area contributed by atoms with Gasteiger partial charge in [0.15, 0.2) is 0 Å². The van der Waals surface area contributed by atoms with E-state index >= 15 is 0 Å². The Morgan fingerprint density at radius 3 is 1.92 bits per heavy atom. The van der Waals surface area contributed by atoms with E-state index in [1.165, 1.54) is 4.31 Å². The molecule has 80 valence electrons. The molecule has 4 heteroatoms. The standard InChI is InChI=1S/C9H21NO2S/c1-7-13(11,12)10(6)8(2)9(3,4)5/h8H,7H2,1-6H3. The maximum Gasteiger partial charge on any atom is 0.213 e. The van der Waals surface area contributed by atoms with Crippen LogP contribution in [-0.4, -0.2) is 31.6 Å². The van der Waals surface area contributed by atoms with E-state index in [0.29, 0.717) is 0 Å². The van der Waals surface area contributed by atoms with Crippen LogP contribution >= 0.6 is 0 Å².